The van der Waals surface area contributed by atoms with Gasteiger partial charge in [-0.2, -0.15) is 0 Å². The fourth-order valence-corrected chi connectivity index (χ4v) is 4.86. The minimum atomic E-state index is -0.858. The van der Waals surface area contributed by atoms with Crippen LogP contribution in [0, 0.1) is 0 Å². The molecule has 1 saturated heterocycles. The SMILES string of the molecule is CCOc1cccc(CN2C(=O)C(=O)/C(=C(/O)c3cc(OC)c(Cl)cc3OC)C2c2ccc(N(C)C)cc2)c1. The summed E-state index contributed by atoms with van der Waals surface area (Å²) in [6, 6.07) is 17.0. The second-order valence-electron chi connectivity index (χ2n) is 9.18. The topological polar surface area (TPSA) is 88.5 Å². The lowest BCUT2D eigenvalue weighted by atomic mass is 9.94. The predicted molar refractivity (Wildman–Crippen MR) is 151 cm³/mol. The number of halogens is 1. The summed E-state index contributed by atoms with van der Waals surface area (Å²) in [5.41, 5.74) is 2.53. The molecular formula is C30H31ClN2O6. The number of aliphatic hydroxyl groups is 1. The van der Waals surface area contributed by atoms with Gasteiger partial charge >= 0.3 is 0 Å². The highest BCUT2D eigenvalue weighted by molar-refractivity contribution is 6.46. The Morgan fingerprint density at radius 3 is 2.31 bits per heavy atom. The van der Waals surface area contributed by atoms with E-state index in [1.165, 1.54) is 31.3 Å². The summed E-state index contributed by atoms with van der Waals surface area (Å²) in [5.74, 6) is -0.724. The maximum Gasteiger partial charge on any atom is 0.295 e. The Kier molecular flexibility index (Phi) is 8.35. The molecule has 0 aliphatic carbocycles. The molecule has 0 radical (unpaired) electrons. The van der Waals surface area contributed by atoms with Gasteiger partial charge < -0.3 is 29.1 Å². The molecule has 3 aromatic rings. The highest BCUT2D eigenvalue weighted by Crippen LogP contribution is 2.44. The van der Waals surface area contributed by atoms with Gasteiger partial charge in [0.15, 0.2) is 0 Å². The van der Waals surface area contributed by atoms with Gasteiger partial charge in [-0.1, -0.05) is 35.9 Å². The van der Waals surface area contributed by atoms with E-state index in [1.54, 1.807) is 0 Å². The van der Waals surface area contributed by atoms with E-state index in [4.69, 9.17) is 25.8 Å². The molecule has 1 aliphatic heterocycles. The maximum absolute atomic E-state index is 13.5. The van der Waals surface area contributed by atoms with E-state index in [0.717, 1.165) is 11.3 Å². The van der Waals surface area contributed by atoms with Crippen LogP contribution in [0.3, 0.4) is 0 Å². The first-order valence-corrected chi connectivity index (χ1v) is 12.8. The minimum absolute atomic E-state index is 0.0544. The van der Waals surface area contributed by atoms with Crippen LogP contribution in [-0.2, 0) is 16.1 Å². The molecule has 1 unspecified atom stereocenters. The molecule has 1 aliphatic rings. The van der Waals surface area contributed by atoms with Crippen molar-refractivity contribution in [3.63, 3.8) is 0 Å². The monoisotopic (exact) mass is 550 g/mol. The van der Waals surface area contributed by atoms with Crippen molar-refractivity contribution in [1.82, 2.24) is 4.90 Å². The number of nitrogens with zero attached hydrogens (tertiary/aromatic N) is 2. The van der Waals surface area contributed by atoms with Crippen LogP contribution in [0.4, 0.5) is 5.69 Å². The number of aliphatic hydroxyl groups excluding tert-OH is 1. The quantitative estimate of drug-likeness (QED) is 0.215. The number of ether oxygens (including phenoxy) is 3. The van der Waals surface area contributed by atoms with E-state index >= 15 is 0 Å². The summed E-state index contributed by atoms with van der Waals surface area (Å²) < 4.78 is 16.4. The third-order valence-electron chi connectivity index (χ3n) is 6.56. The van der Waals surface area contributed by atoms with E-state index in [-0.39, 0.29) is 40.0 Å². The molecule has 8 nitrogen and oxygen atoms in total. The van der Waals surface area contributed by atoms with Crippen LogP contribution in [0.25, 0.3) is 5.76 Å². The second kappa shape index (κ2) is 11.7. The zero-order valence-corrected chi connectivity index (χ0v) is 23.3. The molecular weight excluding hydrogens is 520 g/mol. The molecule has 1 amide bonds. The molecule has 39 heavy (non-hydrogen) atoms. The van der Waals surface area contributed by atoms with E-state index in [9.17, 15) is 14.7 Å². The van der Waals surface area contributed by atoms with Crippen LogP contribution < -0.4 is 19.1 Å². The number of rotatable bonds is 9. The number of carbonyl (C=O) groups excluding carboxylic acids is 2. The first-order chi connectivity index (χ1) is 18.7. The van der Waals surface area contributed by atoms with Crippen LogP contribution in [0.1, 0.15) is 29.7 Å². The van der Waals surface area contributed by atoms with E-state index in [2.05, 4.69) is 0 Å². The molecule has 0 saturated carbocycles. The lowest BCUT2D eigenvalue weighted by Gasteiger charge is -2.26. The smallest absolute Gasteiger partial charge is 0.295 e. The first-order valence-electron chi connectivity index (χ1n) is 12.4. The first kappa shape index (κ1) is 27.9. The Balaban J connectivity index is 1.89. The lowest BCUT2D eigenvalue weighted by Crippen LogP contribution is -2.29. The largest absolute Gasteiger partial charge is 0.507 e. The van der Waals surface area contributed by atoms with Crippen molar-refractivity contribution < 1.29 is 28.9 Å². The molecule has 204 valence electrons. The standard InChI is InChI=1S/C30H31ClN2O6/c1-6-39-21-9-7-8-18(14-21)17-33-27(19-10-12-20(13-11-19)32(2)3)26(29(35)30(33)36)28(34)22-15-25(38-5)23(31)16-24(22)37-4/h7-16,27,34H,6,17H2,1-5H3/b28-26+. The molecule has 0 spiro atoms. The van der Waals surface area contributed by atoms with Gasteiger partial charge in [-0.15, -0.1) is 0 Å². The number of hydrogen-bond acceptors (Lipinski definition) is 7. The van der Waals surface area contributed by atoms with Crippen LogP contribution >= 0.6 is 11.6 Å². The van der Waals surface area contributed by atoms with Crippen LogP contribution in [0.2, 0.25) is 5.02 Å². The van der Waals surface area contributed by atoms with Crippen LogP contribution in [0.5, 0.6) is 17.2 Å². The highest BCUT2D eigenvalue weighted by atomic mass is 35.5. The molecule has 1 N–H and O–H groups in total. The third-order valence-corrected chi connectivity index (χ3v) is 6.85. The van der Waals surface area contributed by atoms with E-state index in [0.29, 0.717) is 17.9 Å². The van der Waals surface area contributed by atoms with Crippen LogP contribution in [-0.4, -0.2) is 56.6 Å². The third kappa shape index (κ3) is 5.52. The lowest BCUT2D eigenvalue weighted by molar-refractivity contribution is -0.140. The zero-order chi connectivity index (χ0) is 28.3. The van der Waals surface area contributed by atoms with Crippen molar-refractivity contribution in [2.24, 2.45) is 0 Å². The molecule has 9 heteroatoms. The predicted octanol–water partition coefficient (Wildman–Crippen LogP) is 5.44. The van der Waals surface area contributed by atoms with Crippen molar-refractivity contribution in [2.75, 3.05) is 39.8 Å². The number of Topliss-reactive ketones (excluding diaryl/α,β-unsaturated/α-hetero) is 1. The van der Waals surface area contributed by atoms with Gasteiger partial charge in [0.2, 0.25) is 0 Å². The van der Waals surface area contributed by atoms with Crippen molar-refractivity contribution in [3.8, 4) is 17.2 Å². The minimum Gasteiger partial charge on any atom is -0.507 e. The molecule has 0 aromatic heterocycles. The fourth-order valence-electron chi connectivity index (χ4n) is 4.63. The molecule has 3 aromatic carbocycles. The van der Waals surface area contributed by atoms with Gasteiger partial charge in [0.05, 0.1) is 43.0 Å². The molecule has 1 heterocycles. The number of methoxy groups -OCH3 is 2. The van der Waals surface area contributed by atoms with Gasteiger partial charge in [-0.05, 0) is 48.4 Å². The Morgan fingerprint density at radius 1 is 1.00 bits per heavy atom. The second-order valence-corrected chi connectivity index (χ2v) is 9.59. The Labute approximate surface area is 233 Å². The van der Waals surface area contributed by atoms with E-state index < -0.39 is 17.7 Å². The summed E-state index contributed by atoms with van der Waals surface area (Å²) in [6.07, 6.45) is 0. The van der Waals surface area contributed by atoms with Gasteiger partial charge in [0, 0.05) is 32.4 Å². The Bertz CT molecular complexity index is 1420. The van der Waals surface area contributed by atoms with Gasteiger partial charge in [-0.25, -0.2) is 0 Å². The van der Waals surface area contributed by atoms with Gasteiger partial charge in [-0.3, -0.25) is 9.59 Å². The summed E-state index contributed by atoms with van der Waals surface area (Å²) >= 11 is 6.26. The zero-order valence-electron chi connectivity index (χ0n) is 22.5. The number of likely N-dealkylation sites (tertiary alicyclic amines) is 1. The molecule has 4 rings (SSSR count). The molecule has 0 bridgehead atoms. The van der Waals surface area contributed by atoms with Crippen molar-refractivity contribution in [3.05, 3.63) is 87.9 Å². The number of amides is 1. The maximum atomic E-state index is 13.5. The summed E-state index contributed by atoms with van der Waals surface area (Å²) in [4.78, 5) is 30.4. The van der Waals surface area contributed by atoms with Crippen molar-refractivity contribution in [1.29, 1.82) is 0 Å². The number of carbonyl (C=O) groups is 2. The van der Waals surface area contributed by atoms with Crippen molar-refractivity contribution in [2.45, 2.75) is 19.5 Å². The average molecular weight is 551 g/mol. The number of anilines is 1. The summed E-state index contributed by atoms with van der Waals surface area (Å²) in [5, 5.41) is 11.9. The van der Waals surface area contributed by atoms with E-state index in [1.807, 2.05) is 74.4 Å². The molecule has 1 atom stereocenters. The summed E-state index contributed by atoms with van der Waals surface area (Å²) in [7, 11) is 6.72. The van der Waals surface area contributed by atoms with Gasteiger partial charge in [0.1, 0.15) is 23.0 Å². The summed E-state index contributed by atoms with van der Waals surface area (Å²) in [6.45, 7) is 2.52. The fraction of sp³-hybridized carbons (Fsp3) is 0.267. The normalized spacial score (nSPS) is 16.4. The number of ketones is 1. The molecule has 1 fully saturated rings. The van der Waals surface area contributed by atoms with Gasteiger partial charge in [0.25, 0.3) is 11.7 Å². The number of benzene rings is 3. The van der Waals surface area contributed by atoms with Crippen LogP contribution in [0.15, 0.2) is 66.2 Å². The average Bonchev–Trinajstić information content (AvgIpc) is 3.17. The number of hydrogen-bond donors (Lipinski definition) is 1. The highest BCUT2D eigenvalue weighted by Gasteiger charge is 2.46. The van der Waals surface area contributed by atoms with Crippen molar-refractivity contribution >= 4 is 34.7 Å². The Hall–Kier alpha value is -4.17. The Morgan fingerprint density at radius 2 is 1.69 bits per heavy atom.